The molecule has 0 aliphatic rings. The second-order valence-electron chi connectivity index (χ2n) is 7.93. The number of nitrogens with one attached hydrogen (secondary N) is 1. The highest BCUT2D eigenvalue weighted by atomic mass is 16.5. The van der Waals surface area contributed by atoms with Crippen molar-refractivity contribution in [2.75, 3.05) is 12.4 Å². The topological polar surface area (TPSA) is 81.4 Å². The molecule has 7 heteroatoms. The maximum Gasteiger partial charge on any atom is 0.247 e. The van der Waals surface area contributed by atoms with E-state index in [1.54, 1.807) is 24.0 Å². The summed E-state index contributed by atoms with van der Waals surface area (Å²) in [4.78, 5) is 21.1. The Labute approximate surface area is 197 Å². The van der Waals surface area contributed by atoms with E-state index in [2.05, 4.69) is 26.4 Å². The van der Waals surface area contributed by atoms with E-state index in [0.29, 0.717) is 18.8 Å². The van der Waals surface area contributed by atoms with Crippen molar-refractivity contribution in [3.8, 4) is 16.9 Å². The summed E-state index contributed by atoms with van der Waals surface area (Å²) >= 11 is 0. The van der Waals surface area contributed by atoms with Gasteiger partial charge in [-0.15, -0.1) is 5.10 Å². The lowest BCUT2D eigenvalue weighted by Gasteiger charge is -2.07. The molecule has 0 fully saturated rings. The third-order valence-corrected chi connectivity index (χ3v) is 5.50. The average molecular weight is 450 g/mol. The number of pyridine rings is 2. The molecule has 0 amide bonds. The minimum absolute atomic E-state index is 0.169. The predicted octanol–water partition coefficient (Wildman–Crippen LogP) is 4.90. The molecule has 3 heterocycles. The van der Waals surface area contributed by atoms with Crippen molar-refractivity contribution in [3.63, 3.8) is 0 Å². The van der Waals surface area contributed by atoms with Gasteiger partial charge in [-0.3, -0.25) is 9.78 Å². The lowest BCUT2D eigenvalue weighted by Crippen LogP contribution is -2.06. The van der Waals surface area contributed by atoms with E-state index >= 15 is 0 Å². The standard InChI is InChI=1S/C27H23N5O2/c1-34-25-8-3-2-7-24(25)29-27-30-26-10-9-22(18-32(26)31-27)21-6-4-5-20(15-21)17-23(33)16-19-11-13-28-14-12-19/h2-15,18H,16-17H2,1H3,(H,29,31). The van der Waals surface area contributed by atoms with Gasteiger partial charge >= 0.3 is 0 Å². The summed E-state index contributed by atoms with van der Waals surface area (Å²) in [7, 11) is 1.63. The van der Waals surface area contributed by atoms with Gasteiger partial charge in [0.25, 0.3) is 0 Å². The Morgan fingerprint density at radius 2 is 1.74 bits per heavy atom. The lowest BCUT2D eigenvalue weighted by atomic mass is 9.99. The molecule has 0 bridgehead atoms. The summed E-state index contributed by atoms with van der Waals surface area (Å²) in [5.41, 5.74) is 5.49. The number of carbonyl (C=O) groups is 1. The molecule has 0 aliphatic carbocycles. The fraction of sp³-hybridized carbons (Fsp3) is 0.111. The van der Waals surface area contributed by atoms with Gasteiger partial charge in [0.2, 0.25) is 5.95 Å². The van der Waals surface area contributed by atoms with Crippen molar-refractivity contribution in [2.45, 2.75) is 12.8 Å². The minimum Gasteiger partial charge on any atom is -0.495 e. The zero-order chi connectivity index (χ0) is 23.3. The third-order valence-electron chi connectivity index (χ3n) is 5.50. The van der Waals surface area contributed by atoms with Gasteiger partial charge in [0.05, 0.1) is 12.8 Å². The number of benzene rings is 2. The number of nitrogens with zero attached hydrogens (tertiary/aromatic N) is 4. The Kier molecular flexibility index (Phi) is 5.99. The van der Waals surface area contributed by atoms with E-state index in [9.17, 15) is 4.79 Å². The SMILES string of the molecule is COc1ccccc1Nc1nc2ccc(-c3cccc(CC(=O)Cc4ccncc4)c3)cn2n1. The molecule has 5 aromatic rings. The van der Waals surface area contributed by atoms with Crippen LogP contribution in [-0.4, -0.2) is 32.5 Å². The van der Waals surface area contributed by atoms with Crippen molar-refractivity contribution in [2.24, 2.45) is 0 Å². The molecule has 0 radical (unpaired) electrons. The fourth-order valence-corrected chi connectivity index (χ4v) is 3.85. The molecular weight excluding hydrogens is 426 g/mol. The van der Waals surface area contributed by atoms with Crippen LogP contribution in [-0.2, 0) is 17.6 Å². The van der Waals surface area contributed by atoms with Crippen LogP contribution in [0.2, 0.25) is 0 Å². The van der Waals surface area contributed by atoms with Gasteiger partial charge in [-0.05, 0) is 53.1 Å². The normalized spacial score (nSPS) is 10.9. The Hall–Kier alpha value is -4.52. The highest BCUT2D eigenvalue weighted by Gasteiger charge is 2.10. The number of rotatable bonds is 8. The van der Waals surface area contributed by atoms with E-state index < -0.39 is 0 Å². The second-order valence-corrected chi connectivity index (χ2v) is 7.93. The first-order valence-corrected chi connectivity index (χ1v) is 10.9. The van der Waals surface area contributed by atoms with Gasteiger partial charge in [-0.2, -0.15) is 4.98 Å². The highest BCUT2D eigenvalue weighted by molar-refractivity contribution is 5.83. The van der Waals surface area contributed by atoms with Crippen molar-refractivity contribution in [1.82, 2.24) is 19.6 Å². The fourth-order valence-electron chi connectivity index (χ4n) is 3.85. The number of aromatic nitrogens is 4. The largest absolute Gasteiger partial charge is 0.495 e. The maximum absolute atomic E-state index is 12.5. The molecule has 3 aromatic heterocycles. The van der Waals surface area contributed by atoms with Crippen LogP contribution in [0.1, 0.15) is 11.1 Å². The number of fused-ring (bicyclic) bond motifs is 1. The Balaban J connectivity index is 1.34. The Bertz CT molecular complexity index is 1450. The molecule has 1 N–H and O–H groups in total. The van der Waals surface area contributed by atoms with Gasteiger partial charge < -0.3 is 10.1 Å². The number of ether oxygens (including phenoxy) is 1. The number of carbonyl (C=O) groups excluding carboxylic acids is 1. The molecular formula is C27H23N5O2. The zero-order valence-electron chi connectivity index (χ0n) is 18.7. The average Bonchev–Trinajstić information content (AvgIpc) is 3.26. The molecule has 0 aliphatic heterocycles. The Morgan fingerprint density at radius 1 is 0.912 bits per heavy atom. The highest BCUT2D eigenvalue weighted by Crippen LogP contribution is 2.26. The first-order valence-electron chi connectivity index (χ1n) is 10.9. The van der Waals surface area contributed by atoms with E-state index in [4.69, 9.17) is 4.74 Å². The molecule has 0 spiro atoms. The van der Waals surface area contributed by atoms with Crippen LogP contribution in [0.15, 0.2) is 91.4 Å². The predicted molar refractivity (Wildman–Crippen MR) is 131 cm³/mol. The van der Waals surface area contributed by atoms with Gasteiger partial charge in [-0.1, -0.05) is 36.4 Å². The van der Waals surface area contributed by atoms with E-state index in [1.807, 2.05) is 72.9 Å². The number of Topliss-reactive ketones (excluding diaryl/α,β-unsaturated/α-hetero) is 1. The van der Waals surface area contributed by atoms with E-state index in [1.165, 1.54) is 0 Å². The number of anilines is 2. The van der Waals surface area contributed by atoms with Crippen molar-refractivity contribution >= 4 is 23.1 Å². The molecule has 34 heavy (non-hydrogen) atoms. The molecule has 0 saturated heterocycles. The van der Waals surface area contributed by atoms with Crippen LogP contribution in [0.3, 0.4) is 0 Å². The molecule has 7 nitrogen and oxygen atoms in total. The van der Waals surface area contributed by atoms with E-state index in [-0.39, 0.29) is 5.78 Å². The zero-order valence-corrected chi connectivity index (χ0v) is 18.7. The minimum atomic E-state index is 0.169. The van der Waals surface area contributed by atoms with Crippen LogP contribution < -0.4 is 10.1 Å². The van der Waals surface area contributed by atoms with Gasteiger partial charge in [0.1, 0.15) is 11.5 Å². The molecule has 0 unspecified atom stereocenters. The monoisotopic (exact) mass is 449 g/mol. The summed E-state index contributed by atoms with van der Waals surface area (Å²) in [6.45, 7) is 0. The van der Waals surface area contributed by atoms with Crippen molar-refractivity contribution in [1.29, 1.82) is 0 Å². The quantitative estimate of drug-likeness (QED) is 0.363. The first kappa shape index (κ1) is 21.3. The summed E-state index contributed by atoms with van der Waals surface area (Å²) < 4.78 is 7.13. The first-order chi connectivity index (χ1) is 16.7. The summed E-state index contributed by atoms with van der Waals surface area (Å²) in [6.07, 6.45) is 6.14. The number of ketones is 1. The molecule has 2 aromatic carbocycles. The van der Waals surface area contributed by atoms with Crippen LogP contribution in [0, 0.1) is 0 Å². The summed E-state index contributed by atoms with van der Waals surface area (Å²) in [5, 5.41) is 7.78. The summed E-state index contributed by atoms with van der Waals surface area (Å²) in [6, 6.07) is 23.4. The van der Waals surface area contributed by atoms with Crippen LogP contribution >= 0.6 is 0 Å². The molecule has 168 valence electrons. The Morgan fingerprint density at radius 3 is 2.59 bits per heavy atom. The smallest absolute Gasteiger partial charge is 0.247 e. The van der Waals surface area contributed by atoms with Gasteiger partial charge in [-0.25, -0.2) is 4.52 Å². The van der Waals surface area contributed by atoms with Crippen LogP contribution in [0.5, 0.6) is 5.75 Å². The molecule has 0 saturated carbocycles. The van der Waals surface area contributed by atoms with Crippen LogP contribution in [0.4, 0.5) is 11.6 Å². The summed E-state index contributed by atoms with van der Waals surface area (Å²) in [5.74, 6) is 1.37. The number of methoxy groups -OCH3 is 1. The third kappa shape index (κ3) is 4.78. The van der Waals surface area contributed by atoms with Crippen molar-refractivity contribution < 1.29 is 9.53 Å². The van der Waals surface area contributed by atoms with Gasteiger partial charge in [0, 0.05) is 37.0 Å². The number of para-hydroxylation sites is 2. The lowest BCUT2D eigenvalue weighted by molar-refractivity contribution is -0.117. The number of hydrogen-bond donors (Lipinski definition) is 1. The number of hydrogen-bond acceptors (Lipinski definition) is 6. The molecule has 5 rings (SSSR count). The van der Waals surface area contributed by atoms with Crippen molar-refractivity contribution in [3.05, 3.63) is 103 Å². The molecule has 0 atom stereocenters. The van der Waals surface area contributed by atoms with Gasteiger partial charge in [0.15, 0.2) is 5.65 Å². The maximum atomic E-state index is 12.5. The second kappa shape index (κ2) is 9.54. The van der Waals surface area contributed by atoms with Crippen LogP contribution in [0.25, 0.3) is 16.8 Å². The van der Waals surface area contributed by atoms with E-state index in [0.717, 1.165) is 39.3 Å².